The van der Waals surface area contributed by atoms with Crippen molar-refractivity contribution in [2.75, 3.05) is 37.6 Å². The van der Waals surface area contributed by atoms with Crippen LogP contribution in [0.15, 0.2) is 41.7 Å². The second kappa shape index (κ2) is 11.5. The molecule has 1 aromatic carbocycles. The highest BCUT2D eigenvalue weighted by Crippen LogP contribution is 2.17. The summed E-state index contributed by atoms with van der Waals surface area (Å²) in [6.07, 6.45) is 5.18. The first-order valence-electron chi connectivity index (χ1n) is 11.2. The SMILES string of the molecule is CCNC(=NCc1cccc(CN2CCCC2=O)c1)N1CCN(c2cnn(C)c2)C(=O)C1.I. The van der Waals surface area contributed by atoms with E-state index in [2.05, 4.69) is 22.5 Å². The highest BCUT2D eigenvalue weighted by atomic mass is 127. The minimum Gasteiger partial charge on any atom is -0.356 e. The molecule has 0 radical (unpaired) electrons. The van der Waals surface area contributed by atoms with Crippen molar-refractivity contribution in [2.24, 2.45) is 12.0 Å². The number of likely N-dealkylation sites (tertiary alicyclic amines) is 1. The van der Waals surface area contributed by atoms with Crippen molar-refractivity contribution in [3.63, 3.8) is 0 Å². The van der Waals surface area contributed by atoms with Gasteiger partial charge >= 0.3 is 0 Å². The van der Waals surface area contributed by atoms with Crippen molar-refractivity contribution >= 4 is 47.4 Å². The molecule has 9 nitrogen and oxygen atoms in total. The number of rotatable bonds is 6. The zero-order valence-corrected chi connectivity index (χ0v) is 21.6. The van der Waals surface area contributed by atoms with Gasteiger partial charge in [-0.3, -0.25) is 14.3 Å². The largest absolute Gasteiger partial charge is 0.356 e. The molecule has 0 atom stereocenters. The third-order valence-corrected chi connectivity index (χ3v) is 5.81. The Kier molecular flexibility index (Phi) is 8.70. The number of aryl methyl sites for hydroxylation is 1. The van der Waals surface area contributed by atoms with Crippen LogP contribution in [0.5, 0.6) is 0 Å². The zero-order chi connectivity index (χ0) is 22.5. The number of carbonyl (C=O) groups excluding carboxylic acids is 2. The van der Waals surface area contributed by atoms with Gasteiger partial charge in [-0.1, -0.05) is 24.3 Å². The Morgan fingerprint density at radius 3 is 2.64 bits per heavy atom. The molecule has 1 N–H and O–H groups in total. The van der Waals surface area contributed by atoms with Crippen molar-refractivity contribution in [1.29, 1.82) is 0 Å². The molecule has 0 unspecified atom stereocenters. The number of guanidine groups is 1. The maximum absolute atomic E-state index is 12.8. The van der Waals surface area contributed by atoms with Crippen LogP contribution >= 0.6 is 24.0 Å². The van der Waals surface area contributed by atoms with Crippen LogP contribution in [-0.2, 0) is 29.7 Å². The summed E-state index contributed by atoms with van der Waals surface area (Å²) in [6, 6.07) is 8.24. The summed E-state index contributed by atoms with van der Waals surface area (Å²) in [5.41, 5.74) is 3.04. The molecule has 2 saturated heterocycles. The summed E-state index contributed by atoms with van der Waals surface area (Å²) < 4.78 is 1.70. The fourth-order valence-corrected chi connectivity index (χ4v) is 4.18. The van der Waals surface area contributed by atoms with Gasteiger partial charge in [0.1, 0.15) is 6.54 Å². The van der Waals surface area contributed by atoms with Crippen LogP contribution < -0.4 is 10.2 Å². The van der Waals surface area contributed by atoms with E-state index in [9.17, 15) is 9.59 Å². The van der Waals surface area contributed by atoms with E-state index in [1.807, 2.05) is 42.1 Å². The fourth-order valence-electron chi connectivity index (χ4n) is 4.18. The number of hydrogen-bond donors (Lipinski definition) is 1. The number of piperazine rings is 1. The lowest BCUT2D eigenvalue weighted by Gasteiger charge is -2.35. The van der Waals surface area contributed by atoms with Crippen LogP contribution in [0.4, 0.5) is 5.69 Å². The van der Waals surface area contributed by atoms with Crippen LogP contribution in [0, 0.1) is 0 Å². The maximum atomic E-state index is 12.8. The number of anilines is 1. The van der Waals surface area contributed by atoms with Gasteiger partial charge in [0.15, 0.2) is 5.96 Å². The summed E-state index contributed by atoms with van der Waals surface area (Å²) in [4.78, 5) is 35.2. The van der Waals surface area contributed by atoms with Crippen LogP contribution in [0.1, 0.15) is 30.9 Å². The molecule has 0 spiro atoms. The number of hydrogen-bond acceptors (Lipinski definition) is 4. The molecule has 10 heteroatoms. The monoisotopic (exact) mass is 565 g/mol. The minimum atomic E-state index is 0. The number of nitrogens with zero attached hydrogens (tertiary/aromatic N) is 6. The van der Waals surface area contributed by atoms with Gasteiger partial charge in [-0.25, -0.2) is 4.99 Å². The summed E-state index contributed by atoms with van der Waals surface area (Å²) >= 11 is 0. The maximum Gasteiger partial charge on any atom is 0.246 e. The van der Waals surface area contributed by atoms with Gasteiger partial charge in [-0.2, -0.15) is 5.10 Å². The van der Waals surface area contributed by atoms with Gasteiger partial charge in [0.2, 0.25) is 11.8 Å². The topological polar surface area (TPSA) is 86.1 Å². The molecule has 33 heavy (non-hydrogen) atoms. The molecule has 2 aromatic rings. The van der Waals surface area contributed by atoms with Gasteiger partial charge in [-0.15, -0.1) is 24.0 Å². The molecule has 178 valence electrons. The summed E-state index contributed by atoms with van der Waals surface area (Å²) in [6.45, 7) is 6.33. The van der Waals surface area contributed by atoms with Gasteiger partial charge in [0.25, 0.3) is 0 Å². The van der Waals surface area contributed by atoms with Crippen LogP contribution in [0.25, 0.3) is 0 Å². The number of halogens is 1. The number of amides is 2. The third kappa shape index (κ3) is 6.24. The number of nitrogens with one attached hydrogen (secondary N) is 1. The van der Waals surface area contributed by atoms with E-state index in [0.29, 0.717) is 32.6 Å². The average molecular weight is 565 g/mol. The molecule has 0 bridgehead atoms. The Morgan fingerprint density at radius 2 is 1.97 bits per heavy atom. The Hall–Kier alpha value is -2.63. The summed E-state index contributed by atoms with van der Waals surface area (Å²) in [5, 5.41) is 7.48. The molecule has 2 fully saturated rings. The second-order valence-electron chi connectivity index (χ2n) is 8.25. The van der Waals surface area contributed by atoms with E-state index in [1.165, 1.54) is 0 Å². The second-order valence-corrected chi connectivity index (χ2v) is 8.25. The molecule has 1 aromatic heterocycles. The highest BCUT2D eigenvalue weighted by Gasteiger charge is 2.27. The first-order chi connectivity index (χ1) is 15.5. The number of aliphatic imine (C=N–C) groups is 1. The molecule has 2 aliphatic rings. The van der Waals surface area contributed by atoms with E-state index in [-0.39, 0.29) is 42.3 Å². The Morgan fingerprint density at radius 1 is 1.15 bits per heavy atom. The van der Waals surface area contributed by atoms with E-state index in [0.717, 1.165) is 42.3 Å². The van der Waals surface area contributed by atoms with E-state index < -0.39 is 0 Å². The summed E-state index contributed by atoms with van der Waals surface area (Å²) in [5.74, 6) is 1.01. The number of aromatic nitrogens is 2. The quantitative estimate of drug-likeness (QED) is 0.329. The third-order valence-electron chi connectivity index (χ3n) is 5.81. The molecule has 0 aliphatic carbocycles. The van der Waals surface area contributed by atoms with Crippen molar-refractivity contribution in [3.8, 4) is 0 Å². The molecular formula is C23H32IN7O2. The molecule has 4 rings (SSSR count). The molecule has 2 amide bonds. The Balaban J connectivity index is 0.00000306. The van der Waals surface area contributed by atoms with Crippen molar-refractivity contribution in [2.45, 2.75) is 32.9 Å². The first kappa shape index (κ1) is 25.0. The predicted molar refractivity (Wildman–Crippen MR) is 138 cm³/mol. The summed E-state index contributed by atoms with van der Waals surface area (Å²) in [7, 11) is 1.85. The number of carbonyl (C=O) groups is 2. The zero-order valence-electron chi connectivity index (χ0n) is 19.2. The highest BCUT2D eigenvalue weighted by molar-refractivity contribution is 14.0. The van der Waals surface area contributed by atoms with Gasteiger partial charge < -0.3 is 20.0 Å². The van der Waals surface area contributed by atoms with E-state index in [4.69, 9.17) is 4.99 Å². The normalized spacial score (nSPS) is 16.9. The first-order valence-corrected chi connectivity index (χ1v) is 11.2. The molecule has 0 saturated carbocycles. The molecular weight excluding hydrogens is 533 g/mol. The lowest BCUT2D eigenvalue weighted by Crippen LogP contribution is -2.55. The molecule has 3 heterocycles. The van der Waals surface area contributed by atoms with Crippen molar-refractivity contribution < 1.29 is 9.59 Å². The standard InChI is InChI=1S/C23H31N7O2.HI/c1-3-24-23(29-10-11-30(22(32)17-29)20-14-26-27(2)16-20)25-13-18-6-4-7-19(12-18)15-28-9-5-8-21(28)31;/h4,6-7,12,14,16H,3,5,8-11,13,15,17H2,1-2H3,(H,24,25);1H. The van der Waals surface area contributed by atoms with E-state index >= 15 is 0 Å². The minimum absolute atomic E-state index is 0. The van der Waals surface area contributed by atoms with Gasteiger partial charge in [0.05, 0.1) is 18.4 Å². The van der Waals surface area contributed by atoms with Crippen molar-refractivity contribution in [1.82, 2.24) is 24.9 Å². The van der Waals surface area contributed by atoms with Crippen LogP contribution in [-0.4, -0.2) is 70.1 Å². The lowest BCUT2D eigenvalue weighted by molar-refractivity contribution is -0.128. The van der Waals surface area contributed by atoms with E-state index in [1.54, 1.807) is 15.8 Å². The lowest BCUT2D eigenvalue weighted by atomic mass is 10.1. The Labute approximate surface area is 211 Å². The molecule has 2 aliphatic heterocycles. The van der Waals surface area contributed by atoms with Gasteiger partial charge in [0, 0.05) is 52.4 Å². The fraction of sp³-hybridized carbons (Fsp3) is 0.478. The van der Waals surface area contributed by atoms with Crippen molar-refractivity contribution in [3.05, 3.63) is 47.8 Å². The predicted octanol–water partition coefficient (Wildman–Crippen LogP) is 1.97. The Bertz CT molecular complexity index is 1010. The number of benzene rings is 1. The van der Waals surface area contributed by atoms with Gasteiger partial charge in [-0.05, 0) is 24.5 Å². The smallest absolute Gasteiger partial charge is 0.246 e. The van der Waals surface area contributed by atoms with Crippen LogP contribution in [0.3, 0.4) is 0 Å². The average Bonchev–Trinajstić information content (AvgIpc) is 3.39. The van der Waals surface area contributed by atoms with Crippen LogP contribution in [0.2, 0.25) is 0 Å².